The molecule has 1 aliphatic rings. The number of nitrogens with zero attached hydrogens (tertiary/aromatic N) is 3. The molecule has 2 rings (SSSR count). The Bertz CT molecular complexity index is 330. The van der Waals surface area contributed by atoms with Crippen LogP contribution in [0.5, 0.6) is 0 Å². The number of hydrogen-bond acceptors (Lipinski definition) is 4. The largest absolute Gasteiger partial charge is 0.463 e. The highest BCUT2D eigenvalue weighted by atomic mass is 16.7. The Kier molecular flexibility index (Phi) is 2.28. The Morgan fingerprint density at radius 1 is 1.64 bits per heavy atom. The van der Waals surface area contributed by atoms with Crippen molar-refractivity contribution in [3.63, 3.8) is 0 Å². The third-order valence-electron chi connectivity index (χ3n) is 2.02. The molecule has 14 heavy (non-hydrogen) atoms. The van der Waals surface area contributed by atoms with E-state index in [0.717, 1.165) is 5.06 Å². The summed E-state index contributed by atoms with van der Waals surface area (Å²) in [6.07, 6.45) is 4.15. The minimum Gasteiger partial charge on any atom is -0.463 e. The van der Waals surface area contributed by atoms with Crippen LogP contribution in [0.4, 0.5) is 4.79 Å². The summed E-state index contributed by atoms with van der Waals surface area (Å²) in [6, 6.07) is -0.332. The predicted molar refractivity (Wildman–Crippen MR) is 45.2 cm³/mol. The quantitative estimate of drug-likeness (QED) is 0.718. The molecule has 6 nitrogen and oxygen atoms in total. The molecule has 6 heteroatoms. The van der Waals surface area contributed by atoms with Crippen molar-refractivity contribution in [2.24, 2.45) is 0 Å². The molecule has 0 radical (unpaired) electrons. The normalized spacial score (nSPS) is 21.1. The highest BCUT2D eigenvalue weighted by Gasteiger charge is 2.32. The lowest BCUT2D eigenvalue weighted by molar-refractivity contribution is -0.104. The van der Waals surface area contributed by atoms with Crippen LogP contribution in [0.15, 0.2) is 18.6 Å². The van der Waals surface area contributed by atoms with E-state index >= 15 is 0 Å². The van der Waals surface area contributed by atoms with Crippen molar-refractivity contribution >= 4 is 6.09 Å². The van der Waals surface area contributed by atoms with Crippen LogP contribution in [-0.4, -0.2) is 32.8 Å². The molecule has 1 saturated heterocycles. The first-order chi connectivity index (χ1) is 6.79. The van der Waals surface area contributed by atoms with Crippen LogP contribution in [-0.2, 0) is 4.84 Å². The molecule has 0 spiro atoms. The molecule has 1 aromatic rings. The summed E-state index contributed by atoms with van der Waals surface area (Å²) in [6.45, 7) is 0.396. The van der Waals surface area contributed by atoms with Crippen LogP contribution in [0.1, 0.15) is 18.2 Å². The molecular formula is C8H9N3O3. The maximum absolute atomic E-state index is 10.7. The highest BCUT2D eigenvalue weighted by Crippen LogP contribution is 2.27. The van der Waals surface area contributed by atoms with Crippen molar-refractivity contribution in [2.75, 3.05) is 6.61 Å². The van der Waals surface area contributed by atoms with Crippen LogP contribution in [0.3, 0.4) is 0 Å². The number of hydrogen-bond donors (Lipinski definition) is 1. The average Bonchev–Trinajstić information content (AvgIpc) is 2.67. The first kappa shape index (κ1) is 8.89. The van der Waals surface area contributed by atoms with Gasteiger partial charge >= 0.3 is 6.09 Å². The molecule has 1 aromatic heterocycles. The van der Waals surface area contributed by atoms with Crippen LogP contribution < -0.4 is 0 Å². The Morgan fingerprint density at radius 2 is 2.50 bits per heavy atom. The first-order valence-corrected chi connectivity index (χ1v) is 4.20. The van der Waals surface area contributed by atoms with Crippen molar-refractivity contribution in [3.05, 3.63) is 24.3 Å². The molecule has 0 aromatic carbocycles. The Labute approximate surface area is 80.1 Å². The summed E-state index contributed by atoms with van der Waals surface area (Å²) >= 11 is 0. The molecular weight excluding hydrogens is 186 g/mol. The number of aromatic nitrogens is 2. The molecule has 0 bridgehead atoms. The van der Waals surface area contributed by atoms with Gasteiger partial charge < -0.3 is 5.11 Å². The smallest absolute Gasteiger partial charge is 0.432 e. The van der Waals surface area contributed by atoms with Crippen molar-refractivity contribution < 1.29 is 14.7 Å². The lowest BCUT2D eigenvalue weighted by Crippen LogP contribution is -2.28. The van der Waals surface area contributed by atoms with Crippen molar-refractivity contribution in [3.8, 4) is 0 Å². The van der Waals surface area contributed by atoms with Gasteiger partial charge in [-0.25, -0.2) is 4.79 Å². The zero-order valence-electron chi connectivity index (χ0n) is 7.33. The van der Waals surface area contributed by atoms with Gasteiger partial charge in [0.15, 0.2) is 0 Å². The van der Waals surface area contributed by atoms with Gasteiger partial charge in [-0.3, -0.25) is 14.8 Å². The summed E-state index contributed by atoms with van der Waals surface area (Å²) in [5.41, 5.74) is 0.618. The van der Waals surface area contributed by atoms with Crippen LogP contribution in [0.25, 0.3) is 0 Å². The predicted octanol–water partition coefficient (Wildman–Crippen LogP) is 0.833. The summed E-state index contributed by atoms with van der Waals surface area (Å²) < 4.78 is 0. The maximum atomic E-state index is 10.7. The highest BCUT2D eigenvalue weighted by molar-refractivity contribution is 5.64. The van der Waals surface area contributed by atoms with Gasteiger partial charge in [-0.1, -0.05) is 0 Å². The fourth-order valence-electron chi connectivity index (χ4n) is 1.41. The summed E-state index contributed by atoms with van der Waals surface area (Å²) in [7, 11) is 0. The van der Waals surface area contributed by atoms with Crippen LogP contribution >= 0.6 is 0 Å². The molecule has 0 unspecified atom stereocenters. The van der Waals surface area contributed by atoms with Gasteiger partial charge in [0, 0.05) is 18.8 Å². The molecule has 0 saturated carbocycles. The third kappa shape index (κ3) is 1.51. The Balaban J connectivity index is 2.22. The van der Waals surface area contributed by atoms with E-state index in [9.17, 15) is 4.79 Å². The fraction of sp³-hybridized carbons (Fsp3) is 0.375. The molecule has 2 heterocycles. The molecule has 1 atom stereocenters. The van der Waals surface area contributed by atoms with E-state index in [-0.39, 0.29) is 6.04 Å². The Hall–Kier alpha value is -1.69. The lowest BCUT2D eigenvalue weighted by atomic mass is 10.1. The van der Waals surface area contributed by atoms with Gasteiger partial charge in [-0.05, 0) is 0 Å². The van der Waals surface area contributed by atoms with Crippen LogP contribution in [0.2, 0.25) is 0 Å². The summed E-state index contributed by atoms with van der Waals surface area (Å²) in [4.78, 5) is 23.6. The second-order valence-corrected chi connectivity index (χ2v) is 2.88. The van der Waals surface area contributed by atoms with E-state index in [2.05, 4.69) is 9.97 Å². The van der Waals surface area contributed by atoms with E-state index in [1.807, 2.05) is 0 Å². The molecule has 1 amide bonds. The number of hydroxylamine groups is 2. The van der Waals surface area contributed by atoms with Gasteiger partial charge in [-0.15, -0.1) is 0 Å². The maximum Gasteiger partial charge on any atom is 0.432 e. The van der Waals surface area contributed by atoms with E-state index in [1.165, 1.54) is 6.20 Å². The van der Waals surface area contributed by atoms with Gasteiger partial charge in [0.25, 0.3) is 0 Å². The second-order valence-electron chi connectivity index (χ2n) is 2.88. The monoisotopic (exact) mass is 195 g/mol. The minimum atomic E-state index is -1.10. The van der Waals surface area contributed by atoms with Gasteiger partial charge in [-0.2, -0.15) is 5.06 Å². The van der Waals surface area contributed by atoms with E-state index < -0.39 is 6.09 Å². The lowest BCUT2D eigenvalue weighted by Gasteiger charge is -2.17. The number of carboxylic acid groups (broad SMARTS) is 1. The van der Waals surface area contributed by atoms with Gasteiger partial charge in [0.1, 0.15) is 6.04 Å². The first-order valence-electron chi connectivity index (χ1n) is 4.20. The number of carbonyl (C=O) groups is 1. The number of amides is 1. The second kappa shape index (κ2) is 3.59. The molecule has 1 aliphatic heterocycles. The van der Waals surface area contributed by atoms with Gasteiger partial charge in [0.2, 0.25) is 0 Å². The van der Waals surface area contributed by atoms with Crippen LogP contribution in [0, 0.1) is 0 Å². The van der Waals surface area contributed by atoms with Crippen molar-refractivity contribution in [1.82, 2.24) is 15.0 Å². The third-order valence-corrected chi connectivity index (χ3v) is 2.02. The topological polar surface area (TPSA) is 75.5 Å². The van der Waals surface area contributed by atoms with E-state index in [4.69, 9.17) is 9.94 Å². The minimum absolute atomic E-state index is 0.332. The van der Waals surface area contributed by atoms with E-state index in [0.29, 0.717) is 18.7 Å². The summed E-state index contributed by atoms with van der Waals surface area (Å²) in [5.74, 6) is 0. The number of rotatable bonds is 1. The zero-order chi connectivity index (χ0) is 9.97. The van der Waals surface area contributed by atoms with Crippen molar-refractivity contribution in [2.45, 2.75) is 12.5 Å². The Morgan fingerprint density at radius 3 is 3.14 bits per heavy atom. The molecule has 0 aliphatic carbocycles. The SMILES string of the molecule is O=C(O)N1OCC[C@H]1c1cnccn1. The molecule has 1 N–H and O–H groups in total. The van der Waals surface area contributed by atoms with E-state index in [1.54, 1.807) is 12.4 Å². The average molecular weight is 195 g/mol. The van der Waals surface area contributed by atoms with Gasteiger partial charge in [0.05, 0.1) is 18.5 Å². The molecule has 1 fully saturated rings. The standard InChI is InChI=1S/C8H9N3O3/c12-8(13)11-7(1-4-14-11)6-5-9-2-3-10-6/h2-3,5,7H,1,4H2,(H,12,13)/t7-/m0/s1. The fourth-order valence-corrected chi connectivity index (χ4v) is 1.41. The zero-order valence-corrected chi connectivity index (χ0v) is 7.33. The molecule has 74 valence electrons. The summed E-state index contributed by atoms with van der Waals surface area (Å²) in [5, 5.41) is 9.72. The van der Waals surface area contributed by atoms with Crippen molar-refractivity contribution in [1.29, 1.82) is 0 Å².